The molecule has 1 N–H and O–H groups in total. The number of nitrogens with one attached hydrogen (secondary N) is 1. The molecule has 0 aromatic heterocycles. The fraction of sp³-hybridized carbons (Fsp3) is 0.364. The van der Waals surface area contributed by atoms with Gasteiger partial charge >= 0.3 is 5.97 Å². The molecule has 0 saturated heterocycles. The zero-order valence-electron chi connectivity index (χ0n) is 8.63. The molecule has 0 saturated carbocycles. The van der Waals surface area contributed by atoms with Crippen molar-refractivity contribution in [2.45, 2.75) is 6.42 Å². The van der Waals surface area contributed by atoms with Crippen LogP contribution in [0.4, 0.5) is 0 Å². The lowest BCUT2D eigenvalue weighted by Gasteiger charge is -2.04. The van der Waals surface area contributed by atoms with Crippen LogP contribution in [0.15, 0.2) is 28.7 Å². The summed E-state index contributed by atoms with van der Waals surface area (Å²) in [6, 6.07) is 7.97. The first-order valence-corrected chi connectivity index (χ1v) is 5.56. The average Bonchev–Trinajstić information content (AvgIpc) is 2.18. The van der Waals surface area contributed by atoms with E-state index in [0.717, 1.165) is 16.5 Å². The maximum atomic E-state index is 11.0. The van der Waals surface area contributed by atoms with Crippen molar-refractivity contribution in [3.8, 4) is 0 Å². The second-order valence-electron chi connectivity index (χ2n) is 3.13. The highest BCUT2D eigenvalue weighted by atomic mass is 79.9. The van der Waals surface area contributed by atoms with Crippen molar-refractivity contribution in [3.63, 3.8) is 0 Å². The number of halogens is 1. The van der Waals surface area contributed by atoms with Crippen LogP contribution in [-0.4, -0.2) is 26.2 Å². The van der Waals surface area contributed by atoms with Crippen LogP contribution in [0.2, 0.25) is 0 Å². The smallest absolute Gasteiger partial charge is 0.319 e. The third kappa shape index (κ3) is 4.95. The van der Waals surface area contributed by atoms with Gasteiger partial charge in [-0.15, -0.1) is 0 Å². The van der Waals surface area contributed by atoms with Crippen molar-refractivity contribution < 1.29 is 9.53 Å². The summed E-state index contributed by atoms with van der Waals surface area (Å²) in [7, 11) is 1.72. The molecule has 0 heterocycles. The van der Waals surface area contributed by atoms with E-state index in [1.165, 1.54) is 0 Å². The van der Waals surface area contributed by atoms with Crippen molar-refractivity contribution in [3.05, 3.63) is 34.3 Å². The Hall–Kier alpha value is -0.870. The molecule has 0 aliphatic rings. The third-order valence-corrected chi connectivity index (χ3v) is 2.36. The van der Waals surface area contributed by atoms with E-state index in [0.29, 0.717) is 6.61 Å². The van der Waals surface area contributed by atoms with Crippen LogP contribution in [0.1, 0.15) is 5.56 Å². The van der Waals surface area contributed by atoms with Crippen LogP contribution in [0.5, 0.6) is 0 Å². The van der Waals surface area contributed by atoms with E-state index in [4.69, 9.17) is 4.74 Å². The van der Waals surface area contributed by atoms with Crippen LogP contribution in [0.3, 0.4) is 0 Å². The second-order valence-corrected chi connectivity index (χ2v) is 4.05. The molecule has 0 amide bonds. The number of ether oxygens (including phenoxy) is 1. The highest BCUT2D eigenvalue weighted by Gasteiger charge is 2.00. The summed E-state index contributed by atoms with van der Waals surface area (Å²) < 4.78 is 6.05. The molecule has 82 valence electrons. The van der Waals surface area contributed by atoms with Gasteiger partial charge in [-0.05, 0) is 24.7 Å². The molecule has 1 aromatic carbocycles. The molecule has 0 atom stereocenters. The molecule has 0 fully saturated rings. The van der Waals surface area contributed by atoms with E-state index in [-0.39, 0.29) is 12.5 Å². The molecule has 1 aromatic rings. The Morgan fingerprint density at radius 1 is 1.53 bits per heavy atom. The number of carbonyl (C=O) groups excluding carboxylic acids is 1. The molecule has 1 rings (SSSR count). The number of esters is 1. The first-order chi connectivity index (χ1) is 7.22. The molecule has 0 spiro atoms. The number of carbonyl (C=O) groups is 1. The summed E-state index contributed by atoms with van der Waals surface area (Å²) in [6.45, 7) is 0.690. The summed E-state index contributed by atoms with van der Waals surface area (Å²) in [6.07, 6.45) is 0.745. The average molecular weight is 272 g/mol. The zero-order valence-corrected chi connectivity index (χ0v) is 10.2. The highest BCUT2D eigenvalue weighted by molar-refractivity contribution is 9.10. The van der Waals surface area contributed by atoms with Gasteiger partial charge in [0.15, 0.2) is 0 Å². The molecule has 0 bridgehead atoms. The van der Waals surface area contributed by atoms with Crippen LogP contribution in [0.25, 0.3) is 0 Å². The highest BCUT2D eigenvalue weighted by Crippen LogP contribution is 2.11. The molecule has 0 unspecified atom stereocenters. The minimum Gasteiger partial charge on any atom is -0.464 e. The first-order valence-electron chi connectivity index (χ1n) is 4.77. The molecule has 0 aliphatic heterocycles. The van der Waals surface area contributed by atoms with E-state index >= 15 is 0 Å². The zero-order chi connectivity index (χ0) is 11.1. The Labute approximate surface area is 97.9 Å². The van der Waals surface area contributed by atoms with Crippen molar-refractivity contribution in [2.75, 3.05) is 20.2 Å². The van der Waals surface area contributed by atoms with Gasteiger partial charge in [0.1, 0.15) is 0 Å². The van der Waals surface area contributed by atoms with Gasteiger partial charge in [-0.25, -0.2) is 0 Å². The standard InChI is InChI=1S/C11H14BrNO2/c1-13-8-11(14)15-6-5-9-3-2-4-10(12)7-9/h2-4,7,13H,5-6,8H2,1H3. The van der Waals surface area contributed by atoms with Crippen LogP contribution in [0, 0.1) is 0 Å². The Morgan fingerprint density at radius 2 is 2.33 bits per heavy atom. The fourth-order valence-corrected chi connectivity index (χ4v) is 1.62. The molecular formula is C11H14BrNO2. The maximum Gasteiger partial charge on any atom is 0.319 e. The summed E-state index contributed by atoms with van der Waals surface area (Å²) >= 11 is 3.39. The lowest BCUT2D eigenvalue weighted by atomic mass is 10.2. The van der Waals surface area contributed by atoms with E-state index in [1.807, 2.05) is 24.3 Å². The monoisotopic (exact) mass is 271 g/mol. The largest absolute Gasteiger partial charge is 0.464 e. The van der Waals surface area contributed by atoms with Crippen molar-refractivity contribution in [2.24, 2.45) is 0 Å². The van der Waals surface area contributed by atoms with Crippen molar-refractivity contribution >= 4 is 21.9 Å². The third-order valence-electron chi connectivity index (χ3n) is 1.86. The molecule has 15 heavy (non-hydrogen) atoms. The van der Waals surface area contributed by atoms with Crippen LogP contribution in [-0.2, 0) is 16.0 Å². The normalized spacial score (nSPS) is 10.0. The lowest BCUT2D eigenvalue weighted by Crippen LogP contribution is -2.21. The first kappa shape index (κ1) is 12.2. The van der Waals surface area contributed by atoms with E-state index in [1.54, 1.807) is 7.05 Å². The molecule has 3 nitrogen and oxygen atoms in total. The molecule has 4 heteroatoms. The predicted octanol–water partition coefficient (Wildman–Crippen LogP) is 1.75. The fourth-order valence-electron chi connectivity index (χ4n) is 1.17. The quantitative estimate of drug-likeness (QED) is 0.830. The van der Waals surface area contributed by atoms with Gasteiger partial charge in [0, 0.05) is 10.9 Å². The van der Waals surface area contributed by atoms with E-state index < -0.39 is 0 Å². The van der Waals surface area contributed by atoms with Crippen LogP contribution >= 0.6 is 15.9 Å². The molecular weight excluding hydrogens is 258 g/mol. The number of likely N-dealkylation sites (N-methyl/N-ethyl adjacent to an activating group) is 1. The van der Waals surface area contributed by atoms with Gasteiger partial charge in [0.25, 0.3) is 0 Å². The Kier molecular flexibility index (Phi) is 5.36. The summed E-state index contributed by atoms with van der Waals surface area (Å²) in [5, 5.41) is 2.74. The topological polar surface area (TPSA) is 38.3 Å². The number of hydrogen-bond acceptors (Lipinski definition) is 3. The number of benzene rings is 1. The summed E-state index contributed by atoms with van der Waals surface area (Å²) in [4.78, 5) is 11.0. The minimum absolute atomic E-state index is 0.215. The van der Waals surface area contributed by atoms with Crippen molar-refractivity contribution in [1.82, 2.24) is 5.32 Å². The maximum absolute atomic E-state index is 11.0. The Bertz CT molecular complexity index is 328. The van der Waals surface area contributed by atoms with Gasteiger partial charge in [-0.2, -0.15) is 0 Å². The Balaban J connectivity index is 2.28. The summed E-state index contributed by atoms with van der Waals surface area (Å²) in [5.41, 5.74) is 1.15. The molecule has 0 aliphatic carbocycles. The van der Waals surface area contributed by atoms with E-state index in [9.17, 15) is 4.79 Å². The minimum atomic E-state index is -0.215. The van der Waals surface area contributed by atoms with E-state index in [2.05, 4.69) is 21.2 Å². The second kappa shape index (κ2) is 6.58. The number of rotatable bonds is 5. The predicted molar refractivity (Wildman–Crippen MR) is 62.7 cm³/mol. The summed E-state index contributed by atoms with van der Waals surface area (Å²) in [5.74, 6) is -0.215. The molecule has 0 radical (unpaired) electrons. The number of hydrogen-bond donors (Lipinski definition) is 1. The van der Waals surface area contributed by atoms with Gasteiger partial charge < -0.3 is 10.1 Å². The van der Waals surface area contributed by atoms with Gasteiger partial charge in [0.05, 0.1) is 13.2 Å². The lowest BCUT2D eigenvalue weighted by molar-refractivity contribution is -0.142. The van der Waals surface area contributed by atoms with Gasteiger partial charge in [0.2, 0.25) is 0 Å². The van der Waals surface area contributed by atoms with Gasteiger partial charge in [-0.1, -0.05) is 28.1 Å². The Morgan fingerprint density at radius 3 is 3.00 bits per heavy atom. The van der Waals surface area contributed by atoms with Crippen molar-refractivity contribution in [1.29, 1.82) is 0 Å². The van der Waals surface area contributed by atoms with Gasteiger partial charge in [-0.3, -0.25) is 4.79 Å². The SMILES string of the molecule is CNCC(=O)OCCc1cccc(Br)c1. The van der Waals surface area contributed by atoms with Crippen LogP contribution < -0.4 is 5.32 Å².